The molecule has 2 rings (SSSR count). The monoisotopic (exact) mass is 276 g/mol. The number of urea groups is 1. The van der Waals surface area contributed by atoms with Crippen LogP contribution in [0.25, 0.3) is 0 Å². The number of benzene rings is 1. The number of amides is 2. The average molecular weight is 276 g/mol. The van der Waals surface area contributed by atoms with Gasteiger partial charge in [-0.1, -0.05) is 38.1 Å². The minimum atomic E-state index is -0.163. The minimum Gasteiger partial charge on any atom is -0.396 e. The summed E-state index contributed by atoms with van der Waals surface area (Å²) < 4.78 is 0. The molecule has 1 aliphatic carbocycles. The number of nitrogens with one attached hydrogen (secondary N) is 2. The molecule has 1 aromatic rings. The standard InChI is InChI=1S/C16H24N2O2/c1-11(8-9-19)17-15(20)18-14-10-16(2,3)13-7-5-4-6-12(13)14/h4-7,11,14,19H,8-10H2,1-3H3,(H2,17,18,20)/t11-,14?/m1/s1. The van der Waals surface area contributed by atoms with Gasteiger partial charge in [0.2, 0.25) is 0 Å². The summed E-state index contributed by atoms with van der Waals surface area (Å²) in [5, 5.41) is 14.8. The molecule has 4 nitrogen and oxygen atoms in total. The summed E-state index contributed by atoms with van der Waals surface area (Å²) in [5.74, 6) is 0. The van der Waals surface area contributed by atoms with Crippen LogP contribution in [-0.4, -0.2) is 23.8 Å². The highest BCUT2D eigenvalue weighted by Crippen LogP contribution is 2.44. The van der Waals surface area contributed by atoms with Gasteiger partial charge in [-0.25, -0.2) is 4.79 Å². The zero-order valence-electron chi connectivity index (χ0n) is 12.4. The second-order valence-corrected chi connectivity index (χ2v) is 6.26. The second-order valence-electron chi connectivity index (χ2n) is 6.26. The summed E-state index contributed by atoms with van der Waals surface area (Å²) in [6.07, 6.45) is 1.48. The molecule has 110 valence electrons. The number of rotatable bonds is 4. The second kappa shape index (κ2) is 5.83. The molecule has 20 heavy (non-hydrogen) atoms. The average Bonchev–Trinajstić information content (AvgIpc) is 2.62. The van der Waals surface area contributed by atoms with Crippen molar-refractivity contribution >= 4 is 6.03 Å². The van der Waals surface area contributed by atoms with E-state index in [0.717, 1.165) is 6.42 Å². The van der Waals surface area contributed by atoms with Crippen molar-refractivity contribution in [3.8, 4) is 0 Å². The first-order valence-electron chi connectivity index (χ1n) is 7.21. The maximum absolute atomic E-state index is 12.0. The van der Waals surface area contributed by atoms with Crippen LogP contribution < -0.4 is 10.6 Å². The molecule has 0 bridgehead atoms. The van der Waals surface area contributed by atoms with Crippen molar-refractivity contribution in [1.82, 2.24) is 10.6 Å². The highest BCUT2D eigenvalue weighted by Gasteiger charge is 2.37. The Balaban J connectivity index is 2.03. The Morgan fingerprint density at radius 3 is 2.85 bits per heavy atom. The lowest BCUT2D eigenvalue weighted by molar-refractivity contribution is 0.226. The van der Waals surface area contributed by atoms with E-state index in [1.165, 1.54) is 11.1 Å². The fourth-order valence-electron chi connectivity index (χ4n) is 2.97. The van der Waals surface area contributed by atoms with Gasteiger partial charge in [-0.3, -0.25) is 0 Å². The lowest BCUT2D eigenvalue weighted by atomic mass is 9.86. The first-order valence-corrected chi connectivity index (χ1v) is 7.21. The van der Waals surface area contributed by atoms with E-state index in [0.29, 0.717) is 6.42 Å². The third-order valence-corrected chi connectivity index (χ3v) is 4.02. The van der Waals surface area contributed by atoms with Gasteiger partial charge in [0.15, 0.2) is 0 Å². The predicted molar refractivity (Wildman–Crippen MR) is 79.7 cm³/mol. The lowest BCUT2D eigenvalue weighted by Crippen LogP contribution is -2.42. The van der Waals surface area contributed by atoms with Gasteiger partial charge in [-0.05, 0) is 36.3 Å². The number of carbonyl (C=O) groups is 1. The molecule has 0 saturated carbocycles. The van der Waals surface area contributed by atoms with E-state index in [4.69, 9.17) is 5.11 Å². The van der Waals surface area contributed by atoms with Crippen LogP contribution in [0.4, 0.5) is 4.79 Å². The Labute approximate surface area is 120 Å². The summed E-state index contributed by atoms with van der Waals surface area (Å²) >= 11 is 0. The Hall–Kier alpha value is -1.55. The Bertz CT molecular complexity index is 485. The molecule has 0 spiro atoms. The van der Waals surface area contributed by atoms with Gasteiger partial charge >= 0.3 is 6.03 Å². The maximum Gasteiger partial charge on any atom is 0.315 e. The van der Waals surface area contributed by atoms with Crippen molar-refractivity contribution < 1.29 is 9.90 Å². The van der Waals surface area contributed by atoms with E-state index in [-0.39, 0.29) is 30.1 Å². The first kappa shape index (κ1) is 14.9. The number of fused-ring (bicyclic) bond motifs is 1. The molecule has 0 radical (unpaired) electrons. The van der Waals surface area contributed by atoms with Crippen LogP contribution in [0, 0.1) is 0 Å². The normalized spacial score (nSPS) is 21.1. The number of hydrogen-bond acceptors (Lipinski definition) is 2. The van der Waals surface area contributed by atoms with Crippen molar-refractivity contribution in [2.45, 2.75) is 51.1 Å². The van der Waals surface area contributed by atoms with E-state index in [9.17, 15) is 4.79 Å². The van der Waals surface area contributed by atoms with Crippen molar-refractivity contribution in [1.29, 1.82) is 0 Å². The van der Waals surface area contributed by atoms with Crippen LogP contribution in [0.15, 0.2) is 24.3 Å². The quantitative estimate of drug-likeness (QED) is 0.791. The maximum atomic E-state index is 12.0. The largest absolute Gasteiger partial charge is 0.396 e. The third kappa shape index (κ3) is 3.12. The van der Waals surface area contributed by atoms with Crippen molar-refractivity contribution in [3.05, 3.63) is 35.4 Å². The number of aliphatic hydroxyl groups excluding tert-OH is 1. The summed E-state index contributed by atoms with van der Waals surface area (Å²) in [4.78, 5) is 12.0. The Morgan fingerprint density at radius 2 is 2.15 bits per heavy atom. The summed E-state index contributed by atoms with van der Waals surface area (Å²) in [6, 6.07) is 8.17. The highest BCUT2D eigenvalue weighted by molar-refractivity contribution is 5.75. The molecular weight excluding hydrogens is 252 g/mol. The Morgan fingerprint density at radius 1 is 1.45 bits per heavy atom. The van der Waals surface area contributed by atoms with Crippen molar-refractivity contribution in [2.75, 3.05) is 6.61 Å². The summed E-state index contributed by atoms with van der Waals surface area (Å²) in [7, 11) is 0. The molecule has 3 N–H and O–H groups in total. The fourth-order valence-corrected chi connectivity index (χ4v) is 2.97. The summed E-state index contributed by atoms with van der Waals surface area (Å²) in [6.45, 7) is 6.39. The van der Waals surface area contributed by atoms with Crippen LogP contribution in [0.3, 0.4) is 0 Å². The van der Waals surface area contributed by atoms with Crippen LogP contribution >= 0.6 is 0 Å². The molecular formula is C16H24N2O2. The van der Waals surface area contributed by atoms with Crippen LogP contribution in [-0.2, 0) is 5.41 Å². The van der Waals surface area contributed by atoms with Gasteiger partial charge in [0.25, 0.3) is 0 Å². The van der Waals surface area contributed by atoms with Crippen LogP contribution in [0.2, 0.25) is 0 Å². The zero-order chi connectivity index (χ0) is 14.8. The van der Waals surface area contributed by atoms with Gasteiger partial charge in [0.1, 0.15) is 0 Å². The lowest BCUT2D eigenvalue weighted by Gasteiger charge is -2.20. The topological polar surface area (TPSA) is 61.4 Å². The van der Waals surface area contributed by atoms with Gasteiger partial charge in [0, 0.05) is 12.6 Å². The van der Waals surface area contributed by atoms with E-state index in [1.807, 2.05) is 19.1 Å². The van der Waals surface area contributed by atoms with Crippen molar-refractivity contribution in [2.24, 2.45) is 0 Å². The molecule has 2 amide bonds. The van der Waals surface area contributed by atoms with Crippen LogP contribution in [0.1, 0.15) is 50.8 Å². The molecule has 0 heterocycles. The predicted octanol–water partition coefficient (Wildman–Crippen LogP) is 2.48. The Kier molecular flexibility index (Phi) is 4.33. The SMILES string of the molecule is C[C@H](CCO)NC(=O)NC1CC(C)(C)c2ccccc21. The molecule has 2 atom stereocenters. The van der Waals surface area contributed by atoms with Crippen LogP contribution in [0.5, 0.6) is 0 Å². The van der Waals surface area contributed by atoms with E-state index in [2.05, 4.69) is 36.6 Å². The molecule has 4 heteroatoms. The number of carbonyl (C=O) groups excluding carboxylic acids is 1. The van der Waals surface area contributed by atoms with Gasteiger partial charge in [0.05, 0.1) is 6.04 Å². The minimum absolute atomic E-state index is 0.0235. The summed E-state index contributed by atoms with van der Waals surface area (Å²) in [5.41, 5.74) is 2.61. The van der Waals surface area contributed by atoms with E-state index in [1.54, 1.807) is 0 Å². The number of hydrogen-bond donors (Lipinski definition) is 3. The van der Waals surface area contributed by atoms with Gasteiger partial charge in [-0.15, -0.1) is 0 Å². The fraction of sp³-hybridized carbons (Fsp3) is 0.562. The van der Waals surface area contributed by atoms with Gasteiger partial charge < -0.3 is 15.7 Å². The molecule has 0 aromatic heterocycles. The molecule has 1 aliphatic rings. The van der Waals surface area contributed by atoms with Crippen molar-refractivity contribution in [3.63, 3.8) is 0 Å². The molecule has 1 unspecified atom stereocenters. The highest BCUT2D eigenvalue weighted by atomic mass is 16.3. The first-order chi connectivity index (χ1) is 9.44. The molecule has 0 fully saturated rings. The molecule has 0 saturated heterocycles. The van der Waals surface area contributed by atoms with Gasteiger partial charge in [-0.2, -0.15) is 0 Å². The molecule has 0 aliphatic heterocycles. The zero-order valence-corrected chi connectivity index (χ0v) is 12.4. The van der Waals surface area contributed by atoms with E-state index < -0.39 is 0 Å². The third-order valence-electron chi connectivity index (χ3n) is 4.02. The molecule has 1 aromatic carbocycles. The van der Waals surface area contributed by atoms with E-state index >= 15 is 0 Å². The number of aliphatic hydroxyl groups is 1. The smallest absolute Gasteiger partial charge is 0.315 e.